The van der Waals surface area contributed by atoms with Crippen LogP contribution in [0, 0.1) is 0 Å². The van der Waals surface area contributed by atoms with E-state index < -0.39 is 0 Å². The monoisotopic (exact) mass is 250 g/mol. The van der Waals surface area contributed by atoms with E-state index in [-0.39, 0.29) is 5.97 Å². The first-order valence-electron chi connectivity index (χ1n) is 5.91. The second-order valence-corrected chi connectivity index (χ2v) is 4.46. The molecule has 0 heterocycles. The molecule has 0 radical (unpaired) electrons. The number of rotatable bonds is 4. The Morgan fingerprint density at radius 2 is 2.11 bits per heavy atom. The van der Waals surface area contributed by atoms with E-state index in [4.69, 9.17) is 10.5 Å². The molecule has 1 aromatic rings. The molecule has 0 spiro atoms. The molecule has 3 N–H and O–H groups in total. The maximum Gasteiger partial charge on any atom is 0.337 e. The van der Waals surface area contributed by atoms with Gasteiger partial charge in [-0.2, -0.15) is 0 Å². The number of nitrogens with one attached hydrogen (secondary N) is 1. The molecule has 0 unspecified atom stereocenters. The third-order valence-corrected chi connectivity index (χ3v) is 3.26. The van der Waals surface area contributed by atoms with E-state index in [9.17, 15) is 4.79 Å². The largest absolute Gasteiger partial charge is 0.465 e. The van der Waals surface area contributed by atoms with Gasteiger partial charge in [0, 0.05) is 13.2 Å². The molecule has 1 aliphatic carbocycles. The maximum atomic E-state index is 11.4. The van der Waals surface area contributed by atoms with E-state index in [1.54, 1.807) is 25.3 Å². The van der Waals surface area contributed by atoms with Crippen molar-refractivity contribution in [3.05, 3.63) is 23.8 Å². The highest BCUT2D eigenvalue weighted by molar-refractivity contribution is 5.92. The molecule has 0 atom stereocenters. The van der Waals surface area contributed by atoms with Gasteiger partial charge in [0.25, 0.3) is 0 Å². The fraction of sp³-hybridized carbons (Fsp3) is 0.462. The standard InChI is InChI=1S/C13H18N2O3/c1-17-10-6-9(7-10)15-12-5-8(13(16)18-2)3-4-11(12)14/h3-5,9-10,15H,6-7,14H2,1-2H3/t9-,10-. The molecule has 1 aliphatic rings. The van der Waals surface area contributed by atoms with Crippen LogP contribution in [0.2, 0.25) is 0 Å². The molecule has 1 aromatic carbocycles. The van der Waals surface area contributed by atoms with Gasteiger partial charge in [-0.15, -0.1) is 0 Å². The fourth-order valence-electron chi connectivity index (χ4n) is 2.02. The van der Waals surface area contributed by atoms with Crippen LogP contribution in [-0.4, -0.2) is 32.3 Å². The third-order valence-electron chi connectivity index (χ3n) is 3.26. The quantitative estimate of drug-likeness (QED) is 0.628. The van der Waals surface area contributed by atoms with Crippen molar-refractivity contribution in [3.8, 4) is 0 Å². The first kappa shape index (κ1) is 12.7. The number of carbonyl (C=O) groups excluding carboxylic acids is 1. The summed E-state index contributed by atoms with van der Waals surface area (Å²) in [6, 6.07) is 5.44. The lowest BCUT2D eigenvalue weighted by molar-refractivity contribution is 0.0328. The molecule has 18 heavy (non-hydrogen) atoms. The van der Waals surface area contributed by atoms with E-state index in [0.29, 0.717) is 23.4 Å². The van der Waals surface area contributed by atoms with Crippen LogP contribution in [0.3, 0.4) is 0 Å². The van der Waals surface area contributed by atoms with Gasteiger partial charge in [-0.3, -0.25) is 0 Å². The first-order chi connectivity index (χ1) is 8.63. The Morgan fingerprint density at radius 1 is 1.39 bits per heavy atom. The van der Waals surface area contributed by atoms with Crippen molar-refractivity contribution < 1.29 is 14.3 Å². The summed E-state index contributed by atoms with van der Waals surface area (Å²) in [5.41, 5.74) is 7.78. The smallest absolute Gasteiger partial charge is 0.337 e. The number of methoxy groups -OCH3 is 2. The van der Waals surface area contributed by atoms with E-state index in [1.165, 1.54) is 7.11 Å². The number of hydrogen-bond donors (Lipinski definition) is 2. The molecule has 0 saturated heterocycles. The minimum Gasteiger partial charge on any atom is -0.465 e. The zero-order chi connectivity index (χ0) is 13.1. The van der Waals surface area contributed by atoms with Crippen molar-refractivity contribution in [2.24, 2.45) is 0 Å². The lowest BCUT2D eigenvalue weighted by Gasteiger charge is -2.35. The lowest BCUT2D eigenvalue weighted by atomic mass is 9.89. The Kier molecular flexibility index (Phi) is 3.72. The van der Waals surface area contributed by atoms with Gasteiger partial charge in [0.15, 0.2) is 0 Å². The molecule has 0 bridgehead atoms. The van der Waals surface area contributed by atoms with Gasteiger partial charge in [-0.05, 0) is 31.0 Å². The van der Waals surface area contributed by atoms with Gasteiger partial charge in [-0.1, -0.05) is 0 Å². The van der Waals surface area contributed by atoms with E-state index in [1.807, 2.05) is 0 Å². The van der Waals surface area contributed by atoms with Crippen LogP contribution in [0.1, 0.15) is 23.2 Å². The zero-order valence-electron chi connectivity index (χ0n) is 10.6. The number of ether oxygens (including phenoxy) is 2. The van der Waals surface area contributed by atoms with Crippen LogP contribution in [-0.2, 0) is 9.47 Å². The first-order valence-corrected chi connectivity index (χ1v) is 5.91. The molecule has 5 nitrogen and oxygen atoms in total. The highest BCUT2D eigenvalue weighted by atomic mass is 16.5. The van der Waals surface area contributed by atoms with Gasteiger partial charge >= 0.3 is 5.97 Å². The summed E-state index contributed by atoms with van der Waals surface area (Å²) >= 11 is 0. The second kappa shape index (κ2) is 5.27. The Hall–Kier alpha value is -1.75. The van der Waals surface area contributed by atoms with Gasteiger partial charge < -0.3 is 20.5 Å². The maximum absolute atomic E-state index is 11.4. The summed E-state index contributed by atoms with van der Waals surface area (Å²) in [7, 11) is 3.08. The number of esters is 1. The van der Waals surface area contributed by atoms with E-state index in [0.717, 1.165) is 18.5 Å². The Labute approximate surface area is 106 Å². The number of benzene rings is 1. The average Bonchev–Trinajstić information content (AvgIpc) is 2.34. The van der Waals surface area contributed by atoms with Crippen molar-refractivity contribution in [2.75, 3.05) is 25.3 Å². The molecule has 1 saturated carbocycles. The number of carbonyl (C=O) groups is 1. The number of anilines is 2. The molecule has 98 valence electrons. The van der Waals surface area contributed by atoms with Crippen LogP contribution in [0.25, 0.3) is 0 Å². The van der Waals surface area contributed by atoms with Gasteiger partial charge in [0.05, 0.1) is 30.2 Å². The van der Waals surface area contributed by atoms with E-state index >= 15 is 0 Å². The van der Waals surface area contributed by atoms with Gasteiger partial charge in [0.2, 0.25) is 0 Å². The Bertz CT molecular complexity index is 442. The van der Waals surface area contributed by atoms with Crippen molar-refractivity contribution >= 4 is 17.3 Å². The Balaban J connectivity index is 2.05. The molecule has 0 amide bonds. The third kappa shape index (κ3) is 2.56. The normalized spacial score (nSPS) is 22.1. The SMILES string of the molecule is COC(=O)c1ccc(N)c(N[C@H]2C[C@H](OC)C2)c1. The molecule has 0 aliphatic heterocycles. The predicted molar refractivity (Wildman–Crippen MR) is 69.6 cm³/mol. The van der Waals surface area contributed by atoms with Gasteiger partial charge in [0.1, 0.15) is 0 Å². The highest BCUT2D eigenvalue weighted by Gasteiger charge is 2.29. The topological polar surface area (TPSA) is 73.6 Å². The molecule has 0 aromatic heterocycles. The molecule has 2 rings (SSSR count). The Morgan fingerprint density at radius 3 is 2.72 bits per heavy atom. The predicted octanol–water partition coefficient (Wildman–Crippen LogP) is 1.64. The summed E-state index contributed by atoms with van der Waals surface area (Å²) in [5, 5.41) is 3.32. The highest BCUT2D eigenvalue weighted by Crippen LogP contribution is 2.29. The number of hydrogen-bond acceptors (Lipinski definition) is 5. The minimum absolute atomic E-state index is 0.326. The van der Waals surface area contributed by atoms with Gasteiger partial charge in [-0.25, -0.2) is 4.79 Å². The molecular formula is C13H18N2O3. The lowest BCUT2D eigenvalue weighted by Crippen LogP contribution is -2.40. The summed E-state index contributed by atoms with van der Waals surface area (Å²) in [4.78, 5) is 11.4. The molecule has 5 heteroatoms. The van der Waals surface area contributed by atoms with Crippen molar-refractivity contribution in [3.63, 3.8) is 0 Å². The van der Waals surface area contributed by atoms with Crippen LogP contribution < -0.4 is 11.1 Å². The van der Waals surface area contributed by atoms with Crippen LogP contribution in [0.5, 0.6) is 0 Å². The van der Waals surface area contributed by atoms with Crippen LogP contribution in [0.4, 0.5) is 11.4 Å². The summed E-state index contributed by atoms with van der Waals surface area (Å²) in [6.07, 6.45) is 2.24. The second-order valence-electron chi connectivity index (χ2n) is 4.46. The zero-order valence-corrected chi connectivity index (χ0v) is 10.6. The number of nitrogens with two attached hydrogens (primary N) is 1. The number of nitrogen functional groups attached to an aromatic ring is 1. The molecule has 1 fully saturated rings. The average molecular weight is 250 g/mol. The fourth-order valence-corrected chi connectivity index (χ4v) is 2.02. The van der Waals surface area contributed by atoms with Crippen LogP contribution in [0.15, 0.2) is 18.2 Å². The van der Waals surface area contributed by atoms with Crippen molar-refractivity contribution in [1.82, 2.24) is 0 Å². The van der Waals surface area contributed by atoms with Crippen LogP contribution >= 0.6 is 0 Å². The summed E-state index contributed by atoms with van der Waals surface area (Å²) in [6.45, 7) is 0. The minimum atomic E-state index is -0.360. The summed E-state index contributed by atoms with van der Waals surface area (Å²) < 4.78 is 9.90. The van der Waals surface area contributed by atoms with E-state index in [2.05, 4.69) is 10.1 Å². The molecular weight excluding hydrogens is 232 g/mol. The van der Waals surface area contributed by atoms with Crippen molar-refractivity contribution in [2.45, 2.75) is 25.0 Å². The van der Waals surface area contributed by atoms with Crippen molar-refractivity contribution in [1.29, 1.82) is 0 Å². The summed E-state index contributed by atoms with van der Waals surface area (Å²) in [5.74, 6) is -0.360.